The molecule has 1 N–H and O–H groups in total. The number of methoxy groups -OCH3 is 1. The summed E-state index contributed by atoms with van der Waals surface area (Å²) >= 11 is 0. The Morgan fingerprint density at radius 2 is 1.92 bits per heavy atom. The number of nitrogens with zero attached hydrogens (tertiary/aromatic N) is 5. The first-order valence-electron chi connectivity index (χ1n) is 12.4. The molecule has 2 aromatic heterocycles. The van der Waals surface area contributed by atoms with Gasteiger partial charge in [0.15, 0.2) is 11.4 Å². The smallest absolute Gasteiger partial charge is 0.410 e. The number of pyridine rings is 1. The Morgan fingerprint density at radius 1 is 1.22 bits per heavy atom. The Balaban J connectivity index is 1.63. The largest absolute Gasteiger partial charge is 0.493 e. The van der Waals surface area contributed by atoms with E-state index in [4.69, 9.17) is 9.47 Å². The fourth-order valence-electron chi connectivity index (χ4n) is 4.55. The van der Waals surface area contributed by atoms with Crippen LogP contribution in [0, 0.1) is 10.1 Å². The molecule has 1 aliphatic rings. The Kier molecular flexibility index (Phi) is 7.24. The number of aromatic nitrogens is 3. The third-order valence-electron chi connectivity index (χ3n) is 6.37. The van der Waals surface area contributed by atoms with Crippen molar-refractivity contribution in [2.24, 2.45) is 0 Å². The molecule has 1 saturated heterocycles. The molecular weight excluding hydrogens is 476 g/mol. The van der Waals surface area contributed by atoms with Crippen molar-refractivity contribution in [2.45, 2.75) is 65.0 Å². The lowest BCUT2D eigenvalue weighted by Crippen LogP contribution is -2.44. The number of carbonyl (C=O) groups is 1. The van der Waals surface area contributed by atoms with Gasteiger partial charge in [0.05, 0.1) is 12.0 Å². The first-order chi connectivity index (χ1) is 17.5. The van der Waals surface area contributed by atoms with Crippen LogP contribution in [-0.4, -0.2) is 62.4 Å². The molecule has 0 bridgehead atoms. The molecule has 1 aliphatic heterocycles. The van der Waals surface area contributed by atoms with Crippen LogP contribution in [-0.2, 0) is 4.74 Å². The summed E-state index contributed by atoms with van der Waals surface area (Å²) in [6, 6.07) is 5.31. The summed E-state index contributed by atoms with van der Waals surface area (Å²) in [7, 11) is 1.56. The van der Waals surface area contributed by atoms with Crippen LogP contribution >= 0.6 is 0 Å². The second kappa shape index (κ2) is 10.2. The Hall–Kier alpha value is -3.89. The van der Waals surface area contributed by atoms with E-state index in [2.05, 4.69) is 29.2 Å². The lowest BCUT2D eigenvalue weighted by atomic mass is 9.91. The fraction of sp³-hybridized carbons (Fsp3) is 0.500. The molecule has 3 heterocycles. The second-order valence-electron chi connectivity index (χ2n) is 10.6. The van der Waals surface area contributed by atoms with Crippen LogP contribution in [0.2, 0.25) is 0 Å². The van der Waals surface area contributed by atoms with Crippen molar-refractivity contribution in [1.29, 1.82) is 0 Å². The monoisotopic (exact) mass is 510 g/mol. The molecule has 1 amide bonds. The number of fused-ring (bicyclic) bond motifs is 1. The summed E-state index contributed by atoms with van der Waals surface area (Å²) < 4.78 is 12.6. The van der Waals surface area contributed by atoms with Crippen LogP contribution in [0.4, 0.5) is 16.2 Å². The minimum Gasteiger partial charge on any atom is -0.493 e. The van der Waals surface area contributed by atoms with Crippen molar-refractivity contribution in [3.8, 4) is 16.9 Å². The minimum absolute atomic E-state index is 0.00478. The standard InChI is InChI=1S/C26H34N6O5/c1-16(2)19-12-21(29-18-7-9-30(10-8-18)25(33)37-26(3,4)5)22(32(34)35)13-20(19)17-11-23(36-6)24-27-15-28-31(24)14-17/h11-16,18,29H,7-10H2,1-6H3. The molecule has 11 heteroatoms. The maximum atomic E-state index is 12.4. The van der Waals surface area contributed by atoms with Crippen LogP contribution in [0.3, 0.4) is 0 Å². The number of nitrogens with one attached hydrogen (secondary N) is 1. The maximum Gasteiger partial charge on any atom is 0.410 e. The first-order valence-corrected chi connectivity index (χ1v) is 12.4. The van der Waals surface area contributed by atoms with E-state index in [1.54, 1.807) is 28.8 Å². The third kappa shape index (κ3) is 5.76. The average Bonchev–Trinajstić information content (AvgIpc) is 3.31. The van der Waals surface area contributed by atoms with E-state index in [9.17, 15) is 14.9 Å². The number of hydrogen-bond acceptors (Lipinski definition) is 8. The highest BCUT2D eigenvalue weighted by Crippen LogP contribution is 2.39. The summed E-state index contributed by atoms with van der Waals surface area (Å²) in [5.74, 6) is 0.633. The molecule has 0 radical (unpaired) electrons. The lowest BCUT2D eigenvalue weighted by Gasteiger charge is -2.34. The molecular formula is C26H34N6O5. The van der Waals surface area contributed by atoms with Gasteiger partial charge in [-0.3, -0.25) is 10.1 Å². The van der Waals surface area contributed by atoms with Crippen molar-refractivity contribution in [1.82, 2.24) is 19.5 Å². The third-order valence-corrected chi connectivity index (χ3v) is 6.37. The Labute approximate surface area is 215 Å². The van der Waals surface area contributed by atoms with E-state index in [0.717, 1.165) is 16.7 Å². The number of ether oxygens (including phenoxy) is 2. The fourth-order valence-corrected chi connectivity index (χ4v) is 4.55. The van der Waals surface area contributed by atoms with Crippen LogP contribution in [0.5, 0.6) is 5.75 Å². The number of benzene rings is 1. The van der Waals surface area contributed by atoms with E-state index in [-0.39, 0.29) is 28.7 Å². The predicted molar refractivity (Wildman–Crippen MR) is 140 cm³/mol. The number of anilines is 1. The van der Waals surface area contributed by atoms with Gasteiger partial charge in [0.1, 0.15) is 17.6 Å². The zero-order chi connectivity index (χ0) is 26.9. The molecule has 3 aromatic rings. The first kappa shape index (κ1) is 26.2. The summed E-state index contributed by atoms with van der Waals surface area (Å²) in [6.07, 6.45) is 4.23. The van der Waals surface area contributed by atoms with Crippen molar-refractivity contribution in [2.75, 3.05) is 25.5 Å². The zero-order valence-electron chi connectivity index (χ0n) is 22.1. The molecule has 37 heavy (non-hydrogen) atoms. The van der Waals surface area contributed by atoms with Crippen molar-refractivity contribution < 1.29 is 19.2 Å². The molecule has 0 aliphatic carbocycles. The van der Waals surface area contributed by atoms with Gasteiger partial charge in [0.25, 0.3) is 5.69 Å². The second-order valence-corrected chi connectivity index (χ2v) is 10.6. The average molecular weight is 511 g/mol. The van der Waals surface area contributed by atoms with Gasteiger partial charge in [-0.2, -0.15) is 5.10 Å². The van der Waals surface area contributed by atoms with Crippen molar-refractivity contribution >= 4 is 23.1 Å². The van der Waals surface area contributed by atoms with Gasteiger partial charge in [-0.1, -0.05) is 13.8 Å². The molecule has 0 spiro atoms. The number of hydrogen-bond donors (Lipinski definition) is 1. The quantitative estimate of drug-likeness (QED) is 0.352. The molecule has 198 valence electrons. The number of likely N-dealkylation sites (tertiary alicyclic amines) is 1. The van der Waals surface area contributed by atoms with Crippen LogP contribution in [0.25, 0.3) is 16.8 Å². The van der Waals surface area contributed by atoms with Crippen molar-refractivity contribution in [3.63, 3.8) is 0 Å². The summed E-state index contributed by atoms with van der Waals surface area (Å²) in [4.78, 5) is 30.1. The van der Waals surface area contributed by atoms with Gasteiger partial charge in [-0.05, 0) is 62.8 Å². The number of rotatable bonds is 6. The maximum absolute atomic E-state index is 12.4. The highest BCUT2D eigenvalue weighted by Gasteiger charge is 2.29. The van der Waals surface area contributed by atoms with Gasteiger partial charge in [-0.15, -0.1) is 0 Å². The van der Waals surface area contributed by atoms with Gasteiger partial charge in [-0.25, -0.2) is 14.3 Å². The lowest BCUT2D eigenvalue weighted by molar-refractivity contribution is -0.383. The van der Waals surface area contributed by atoms with E-state index < -0.39 is 5.60 Å². The highest BCUT2D eigenvalue weighted by molar-refractivity contribution is 5.79. The van der Waals surface area contributed by atoms with Gasteiger partial charge in [0, 0.05) is 37.0 Å². The van der Waals surface area contributed by atoms with Gasteiger partial charge in [0.2, 0.25) is 0 Å². The van der Waals surface area contributed by atoms with Crippen LogP contribution in [0.15, 0.2) is 30.7 Å². The summed E-state index contributed by atoms with van der Waals surface area (Å²) in [5, 5.41) is 19.7. The molecule has 1 fully saturated rings. The predicted octanol–water partition coefficient (Wildman–Crippen LogP) is 5.25. The number of nitro benzene ring substituents is 1. The van der Waals surface area contributed by atoms with E-state index in [1.165, 1.54) is 6.33 Å². The summed E-state index contributed by atoms with van der Waals surface area (Å²) in [6.45, 7) is 10.7. The number of carbonyl (C=O) groups excluding carboxylic acids is 1. The molecule has 0 saturated carbocycles. The molecule has 0 atom stereocenters. The van der Waals surface area contributed by atoms with Crippen LogP contribution < -0.4 is 10.1 Å². The topological polar surface area (TPSA) is 124 Å². The Bertz CT molecular complexity index is 1300. The molecule has 0 unspecified atom stereocenters. The van der Waals surface area contributed by atoms with Crippen LogP contribution in [0.1, 0.15) is 58.9 Å². The normalized spacial score (nSPS) is 14.7. The zero-order valence-corrected chi connectivity index (χ0v) is 22.1. The van der Waals surface area contributed by atoms with Gasteiger partial charge >= 0.3 is 6.09 Å². The molecule has 4 rings (SSSR count). The number of piperidine rings is 1. The molecule has 11 nitrogen and oxygen atoms in total. The van der Waals surface area contributed by atoms with E-state index in [1.807, 2.05) is 32.9 Å². The number of amides is 1. The highest BCUT2D eigenvalue weighted by atomic mass is 16.6. The van der Waals surface area contributed by atoms with E-state index in [0.29, 0.717) is 43.0 Å². The minimum atomic E-state index is -0.551. The SMILES string of the molecule is COc1cc(-c2cc([N+](=O)[O-])c(NC3CCN(C(=O)OC(C)(C)C)CC3)cc2C(C)C)cn2ncnc12. The van der Waals surface area contributed by atoms with E-state index >= 15 is 0 Å². The number of nitro groups is 1. The van der Waals surface area contributed by atoms with Gasteiger partial charge < -0.3 is 19.7 Å². The Morgan fingerprint density at radius 3 is 2.51 bits per heavy atom. The van der Waals surface area contributed by atoms with Crippen molar-refractivity contribution in [3.05, 3.63) is 46.4 Å². The molecule has 1 aromatic carbocycles. The summed E-state index contributed by atoms with van der Waals surface area (Å²) in [5.41, 5.74) is 2.93.